The highest BCUT2D eigenvalue weighted by atomic mass is 35.5. The number of nitrogens with zero attached hydrogens (tertiary/aromatic N) is 1. The second-order valence-corrected chi connectivity index (χ2v) is 5.44. The van der Waals surface area contributed by atoms with Gasteiger partial charge in [0.1, 0.15) is 5.75 Å². The van der Waals surface area contributed by atoms with E-state index in [1.807, 2.05) is 6.07 Å². The summed E-state index contributed by atoms with van der Waals surface area (Å²) in [6, 6.07) is 11.6. The second-order valence-electron chi connectivity index (χ2n) is 4.48. The summed E-state index contributed by atoms with van der Waals surface area (Å²) in [6.45, 7) is 0. The van der Waals surface area contributed by atoms with Gasteiger partial charge in [-0.15, -0.1) is 11.6 Å². The van der Waals surface area contributed by atoms with Crippen molar-refractivity contribution in [1.29, 1.82) is 0 Å². The molecular formula is C15H13Cl2NO3. The lowest BCUT2D eigenvalue weighted by atomic mass is 10.0. The zero-order valence-corrected chi connectivity index (χ0v) is 12.8. The van der Waals surface area contributed by atoms with Crippen LogP contribution in [0.1, 0.15) is 16.5 Å². The van der Waals surface area contributed by atoms with Gasteiger partial charge in [-0.3, -0.25) is 10.1 Å². The van der Waals surface area contributed by atoms with Crippen molar-refractivity contribution in [2.24, 2.45) is 0 Å². The van der Waals surface area contributed by atoms with E-state index in [1.165, 1.54) is 12.1 Å². The van der Waals surface area contributed by atoms with Crippen LogP contribution in [0.3, 0.4) is 0 Å². The van der Waals surface area contributed by atoms with E-state index in [-0.39, 0.29) is 11.1 Å². The Labute approximate surface area is 132 Å². The maximum absolute atomic E-state index is 10.6. The predicted molar refractivity (Wildman–Crippen MR) is 83.4 cm³/mol. The van der Waals surface area contributed by atoms with Crippen LogP contribution < -0.4 is 4.74 Å². The van der Waals surface area contributed by atoms with Crippen molar-refractivity contribution in [3.63, 3.8) is 0 Å². The van der Waals surface area contributed by atoms with E-state index in [1.54, 1.807) is 31.4 Å². The zero-order chi connectivity index (χ0) is 15.4. The van der Waals surface area contributed by atoms with E-state index in [9.17, 15) is 10.1 Å². The molecule has 1 unspecified atom stereocenters. The van der Waals surface area contributed by atoms with E-state index in [2.05, 4.69) is 0 Å². The van der Waals surface area contributed by atoms with Crippen LogP contribution in [0.2, 0.25) is 5.02 Å². The van der Waals surface area contributed by atoms with E-state index in [4.69, 9.17) is 27.9 Å². The van der Waals surface area contributed by atoms with Crippen molar-refractivity contribution in [3.05, 3.63) is 68.7 Å². The van der Waals surface area contributed by atoms with Crippen LogP contribution in [0, 0.1) is 10.1 Å². The smallest absolute Gasteiger partial charge is 0.269 e. The summed E-state index contributed by atoms with van der Waals surface area (Å²) in [4.78, 5) is 10.2. The molecule has 0 saturated carbocycles. The molecule has 6 heteroatoms. The number of benzene rings is 2. The largest absolute Gasteiger partial charge is 0.496 e. The molecule has 0 saturated heterocycles. The number of halogens is 2. The van der Waals surface area contributed by atoms with Gasteiger partial charge in [-0.05, 0) is 24.1 Å². The van der Waals surface area contributed by atoms with Gasteiger partial charge in [0, 0.05) is 22.7 Å². The zero-order valence-electron chi connectivity index (χ0n) is 11.3. The highest BCUT2D eigenvalue weighted by molar-refractivity contribution is 6.30. The standard InChI is InChI=1S/C15H13Cl2NO3/c1-21-15-9-11(16)4-7-13(15)14(17)8-10-2-5-12(6-3-10)18(19)20/h2-7,9,14H,8H2,1H3. The fraction of sp³-hybridized carbons (Fsp3) is 0.200. The van der Waals surface area contributed by atoms with Crippen molar-refractivity contribution in [3.8, 4) is 5.75 Å². The van der Waals surface area contributed by atoms with Gasteiger partial charge in [0.25, 0.3) is 5.69 Å². The molecule has 0 aromatic heterocycles. The fourth-order valence-corrected chi connectivity index (χ4v) is 2.53. The maximum atomic E-state index is 10.6. The van der Waals surface area contributed by atoms with Crippen molar-refractivity contribution in [2.45, 2.75) is 11.8 Å². The van der Waals surface area contributed by atoms with Crippen LogP contribution in [0.15, 0.2) is 42.5 Å². The summed E-state index contributed by atoms with van der Waals surface area (Å²) in [5.41, 5.74) is 1.81. The molecule has 0 fully saturated rings. The van der Waals surface area contributed by atoms with Crippen molar-refractivity contribution in [1.82, 2.24) is 0 Å². The molecule has 2 rings (SSSR count). The van der Waals surface area contributed by atoms with Crippen LogP contribution in [0.4, 0.5) is 5.69 Å². The quantitative estimate of drug-likeness (QED) is 0.451. The number of ether oxygens (including phenoxy) is 1. The van der Waals surface area contributed by atoms with Crippen LogP contribution in [-0.2, 0) is 6.42 Å². The number of alkyl halides is 1. The number of non-ortho nitro benzene ring substituents is 1. The van der Waals surface area contributed by atoms with Gasteiger partial charge in [0.2, 0.25) is 0 Å². The number of rotatable bonds is 5. The van der Waals surface area contributed by atoms with Gasteiger partial charge in [0.15, 0.2) is 0 Å². The Balaban J connectivity index is 2.17. The van der Waals surface area contributed by atoms with Crippen LogP contribution >= 0.6 is 23.2 Å². The molecule has 4 nitrogen and oxygen atoms in total. The summed E-state index contributed by atoms with van der Waals surface area (Å²) in [6.07, 6.45) is 0.539. The van der Waals surface area contributed by atoms with Crippen LogP contribution in [-0.4, -0.2) is 12.0 Å². The Morgan fingerprint density at radius 2 is 1.90 bits per heavy atom. The van der Waals surface area contributed by atoms with Crippen molar-refractivity contribution >= 4 is 28.9 Å². The third-order valence-electron chi connectivity index (χ3n) is 3.10. The Bertz CT molecular complexity index is 644. The molecule has 2 aromatic carbocycles. The normalized spacial score (nSPS) is 12.0. The maximum Gasteiger partial charge on any atom is 0.269 e. The molecule has 2 aromatic rings. The summed E-state index contributed by atoms with van der Waals surface area (Å²) >= 11 is 12.3. The van der Waals surface area contributed by atoms with E-state index >= 15 is 0 Å². The molecule has 0 bridgehead atoms. The van der Waals surface area contributed by atoms with E-state index in [0.29, 0.717) is 17.2 Å². The van der Waals surface area contributed by atoms with Crippen molar-refractivity contribution < 1.29 is 9.66 Å². The number of nitro groups is 1. The molecule has 21 heavy (non-hydrogen) atoms. The van der Waals surface area contributed by atoms with Crippen LogP contribution in [0.25, 0.3) is 0 Å². The minimum absolute atomic E-state index is 0.0638. The molecule has 0 N–H and O–H groups in total. The van der Waals surface area contributed by atoms with Gasteiger partial charge >= 0.3 is 0 Å². The lowest BCUT2D eigenvalue weighted by Gasteiger charge is -2.14. The van der Waals surface area contributed by atoms with E-state index < -0.39 is 4.92 Å². The number of nitro benzene ring substituents is 1. The molecule has 0 spiro atoms. The Kier molecular flexibility index (Phi) is 5.04. The number of hydrogen-bond donors (Lipinski definition) is 0. The molecule has 0 amide bonds. The molecule has 0 radical (unpaired) electrons. The first-order chi connectivity index (χ1) is 10.0. The van der Waals surface area contributed by atoms with Gasteiger partial charge < -0.3 is 4.74 Å². The monoisotopic (exact) mass is 325 g/mol. The first-order valence-corrected chi connectivity index (χ1v) is 7.03. The lowest BCUT2D eigenvalue weighted by Crippen LogP contribution is -1.99. The summed E-state index contributed by atoms with van der Waals surface area (Å²) in [5, 5.41) is 10.9. The van der Waals surface area contributed by atoms with Gasteiger partial charge in [-0.1, -0.05) is 29.8 Å². The molecule has 0 aliphatic rings. The minimum Gasteiger partial charge on any atom is -0.496 e. The molecule has 0 aliphatic heterocycles. The Morgan fingerprint density at radius 1 is 1.24 bits per heavy atom. The molecule has 0 heterocycles. The average Bonchev–Trinajstić information content (AvgIpc) is 2.47. The first kappa shape index (κ1) is 15.6. The molecule has 110 valence electrons. The highest BCUT2D eigenvalue weighted by Crippen LogP contribution is 2.34. The fourth-order valence-electron chi connectivity index (χ4n) is 2.01. The molecule has 0 aliphatic carbocycles. The van der Waals surface area contributed by atoms with Crippen molar-refractivity contribution in [2.75, 3.05) is 7.11 Å². The molecule has 1 atom stereocenters. The van der Waals surface area contributed by atoms with Gasteiger partial charge in [0.05, 0.1) is 17.4 Å². The summed E-state index contributed by atoms with van der Waals surface area (Å²) < 4.78 is 5.28. The Hall–Kier alpha value is -1.78. The Morgan fingerprint density at radius 3 is 2.48 bits per heavy atom. The summed E-state index contributed by atoms with van der Waals surface area (Å²) in [5.74, 6) is 0.629. The highest BCUT2D eigenvalue weighted by Gasteiger charge is 2.15. The topological polar surface area (TPSA) is 52.4 Å². The minimum atomic E-state index is -0.426. The third-order valence-corrected chi connectivity index (χ3v) is 3.72. The number of hydrogen-bond acceptors (Lipinski definition) is 3. The average molecular weight is 326 g/mol. The van der Waals surface area contributed by atoms with Crippen LogP contribution in [0.5, 0.6) is 5.75 Å². The second kappa shape index (κ2) is 6.78. The predicted octanol–water partition coefficient (Wildman–Crippen LogP) is 4.78. The van der Waals surface area contributed by atoms with Gasteiger partial charge in [-0.25, -0.2) is 0 Å². The lowest BCUT2D eigenvalue weighted by molar-refractivity contribution is -0.384. The molecular weight excluding hydrogens is 313 g/mol. The number of methoxy groups -OCH3 is 1. The van der Waals surface area contributed by atoms with E-state index in [0.717, 1.165) is 11.1 Å². The SMILES string of the molecule is COc1cc(Cl)ccc1C(Cl)Cc1ccc([N+](=O)[O-])cc1. The third kappa shape index (κ3) is 3.86. The van der Waals surface area contributed by atoms with Gasteiger partial charge in [-0.2, -0.15) is 0 Å². The first-order valence-electron chi connectivity index (χ1n) is 6.22. The summed E-state index contributed by atoms with van der Waals surface area (Å²) in [7, 11) is 1.56.